The third-order valence-electron chi connectivity index (χ3n) is 2.96. The third-order valence-corrected chi connectivity index (χ3v) is 3.85. The minimum Gasteiger partial charge on any atom is -0.279 e. The van der Waals surface area contributed by atoms with Gasteiger partial charge < -0.3 is 0 Å². The van der Waals surface area contributed by atoms with Crippen LogP contribution in [0.1, 0.15) is 21.7 Å². The summed E-state index contributed by atoms with van der Waals surface area (Å²) in [5, 5.41) is 14.2. The number of alkyl halides is 3. The molecule has 0 saturated carbocycles. The number of hydrogen-bond donors (Lipinski definition) is 0. The molecular formula is C13H10F3N3O3S. The molecule has 2 rings (SSSR count). The van der Waals surface area contributed by atoms with Gasteiger partial charge in [-0.25, -0.2) is 0 Å². The van der Waals surface area contributed by atoms with Crippen LogP contribution >= 0.6 is 11.8 Å². The number of nitro groups is 1. The van der Waals surface area contributed by atoms with Gasteiger partial charge in [0.05, 0.1) is 10.5 Å². The molecule has 0 radical (unpaired) electrons. The number of carbonyl (C=O) groups is 1. The van der Waals surface area contributed by atoms with Crippen molar-refractivity contribution in [1.29, 1.82) is 0 Å². The zero-order valence-electron chi connectivity index (χ0n) is 11.9. The van der Waals surface area contributed by atoms with Gasteiger partial charge in [0.15, 0.2) is 5.69 Å². The molecule has 2 aromatic rings. The molecule has 1 aromatic heterocycles. The molecule has 23 heavy (non-hydrogen) atoms. The number of hydrogen-bond acceptors (Lipinski definition) is 5. The van der Waals surface area contributed by atoms with Crippen molar-refractivity contribution >= 4 is 22.6 Å². The molecule has 0 bridgehead atoms. The van der Waals surface area contributed by atoms with Crippen LogP contribution in [0.5, 0.6) is 0 Å². The molecule has 0 spiro atoms. The van der Waals surface area contributed by atoms with Crippen molar-refractivity contribution in [3.05, 3.63) is 51.3 Å². The van der Waals surface area contributed by atoms with E-state index in [0.717, 1.165) is 28.9 Å². The van der Waals surface area contributed by atoms with Crippen LogP contribution in [0.15, 0.2) is 29.2 Å². The van der Waals surface area contributed by atoms with E-state index in [1.807, 2.05) is 0 Å². The maximum atomic E-state index is 12.5. The first-order valence-electron chi connectivity index (χ1n) is 6.18. The molecule has 0 unspecified atom stereocenters. The lowest BCUT2D eigenvalue weighted by atomic mass is 10.2. The van der Waals surface area contributed by atoms with Crippen LogP contribution in [-0.2, 0) is 13.2 Å². The van der Waals surface area contributed by atoms with Gasteiger partial charge in [-0.2, -0.15) is 18.3 Å². The standard InChI is InChI=1S/C13H10F3N3O3S/c1-7-10(19(21)22)11(18(2)17-7)12(20)23-9-5-3-8(4-6-9)13(14,15)16/h3-6H,1-2H3. The summed E-state index contributed by atoms with van der Waals surface area (Å²) in [5.41, 5.74) is -1.36. The molecule has 0 atom stereocenters. The van der Waals surface area contributed by atoms with Crippen LogP contribution in [0.4, 0.5) is 18.9 Å². The minimum absolute atomic E-state index is 0.0915. The van der Waals surface area contributed by atoms with E-state index in [-0.39, 0.29) is 16.3 Å². The summed E-state index contributed by atoms with van der Waals surface area (Å²) >= 11 is 0.604. The van der Waals surface area contributed by atoms with Crippen molar-refractivity contribution in [1.82, 2.24) is 9.78 Å². The fraction of sp³-hybridized carbons (Fsp3) is 0.231. The maximum absolute atomic E-state index is 12.5. The lowest BCUT2D eigenvalue weighted by Crippen LogP contribution is -2.06. The normalized spacial score (nSPS) is 11.5. The second-order valence-corrected chi connectivity index (χ2v) is 5.62. The second kappa shape index (κ2) is 6.03. The number of benzene rings is 1. The van der Waals surface area contributed by atoms with Crippen molar-refractivity contribution in [2.45, 2.75) is 18.0 Å². The average Bonchev–Trinajstić information content (AvgIpc) is 2.73. The van der Waals surface area contributed by atoms with Gasteiger partial charge in [-0.15, -0.1) is 0 Å². The Balaban J connectivity index is 2.28. The van der Waals surface area contributed by atoms with Crippen molar-refractivity contribution in [2.24, 2.45) is 7.05 Å². The van der Waals surface area contributed by atoms with E-state index in [2.05, 4.69) is 5.10 Å². The van der Waals surface area contributed by atoms with Gasteiger partial charge in [0.25, 0.3) is 0 Å². The lowest BCUT2D eigenvalue weighted by Gasteiger charge is -2.07. The minimum atomic E-state index is -4.47. The second-order valence-electron chi connectivity index (χ2n) is 4.57. The molecule has 0 amide bonds. The summed E-state index contributed by atoms with van der Waals surface area (Å²) in [6.07, 6.45) is -4.47. The predicted molar refractivity (Wildman–Crippen MR) is 76.2 cm³/mol. The number of halogens is 3. The summed E-state index contributed by atoms with van der Waals surface area (Å²) in [6, 6.07) is 3.97. The smallest absolute Gasteiger partial charge is 0.279 e. The molecule has 0 saturated heterocycles. The number of thioether (sulfide) groups is 1. The molecule has 6 nitrogen and oxygen atoms in total. The first kappa shape index (κ1) is 17.0. The Labute approximate surface area is 132 Å². The fourth-order valence-corrected chi connectivity index (χ4v) is 2.77. The average molecular weight is 345 g/mol. The molecule has 122 valence electrons. The SMILES string of the molecule is Cc1nn(C)c(C(=O)Sc2ccc(C(F)(F)F)cc2)c1[N+](=O)[O-]. The van der Waals surface area contributed by atoms with E-state index in [4.69, 9.17) is 0 Å². The summed E-state index contributed by atoms with van der Waals surface area (Å²) in [7, 11) is 1.39. The van der Waals surface area contributed by atoms with Crippen molar-refractivity contribution in [3.8, 4) is 0 Å². The number of rotatable bonds is 3. The first-order valence-corrected chi connectivity index (χ1v) is 7.00. The van der Waals surface area contributed by atoms with E-state index in [1.54, 1.807) is 0 Å². The maximum Gasteiger partial charge on any atom is 0.416 e. The topological polar surface area (TPSA) is 78.0 Å². The predicted octanol–water partition coefficient (Wildman–Crippen LogP) is 3.59. The van der Waals surface area contributed by atoms with Crippen molar-refractivity contribution < 1.29 is 22.9 Å². The lowest BCUT2D eigenvalue weighted by molar-refractivity contribution is -0.385. The number of aryl methyl sites for hydroxylation is 2. The molecule has 0 aliphatic carbocycles. The third kappa shape index (κ3) is 3.52. The molecule has 0 aliphatic rings. The first-order chi connectivity index (χ1) is 10.6. The zero-order valence-corrected chi connectivity index (χ0v) is 12.7. The Bertz CT molecular complexity index is 769. The van der Waals surface area contributed by atoms with E-state index >= 15 is 0 Å². The van der Waals surface area contributed by atoms with Crippen LogP contribution in [0, 0.1) is 17.0 Å². The molecule has 10 heteroatoms. The molecular weight excluding hydrogens is 335 g/mol. The highest BCUT2D eigenvalue weighted by atomic mass is 32.2. The highest BCUT2D eigenvalue weighted by Gasteiger charge is 2.31. The van der Waals surface area contributed by atoms with E-state index in [0.29, 0.717) is 11.8 Å². The van der Waals surface area contributed by atoms with Gasteiger partial charge in [0.2, 0.25) is 5.12 Å². The largest absolute Gasteiger partial charge is 0.416 e. The Hall–Kier alpha value is -2.36. The summed E-state index contributed by atoms with van der Waals surface area (Å²) in [6.45, 7) is 1.40. The van der Waals surface area contributed by atoms with E-state index < -0.39 is 27.5 Å². The Morgan fingerprint density at radius 3 is 2.35 bits per heavy atom. The Morgan fingerprint density at radius 1 is 1.30 bits per heavy atom. The Kier molecular flexibility index (Phi) is 4.46. The summed E-state index contributed by atoms with van der Waals surface area (Å²) in [5.74, 6) is 0. The molecule has 0 fully saturated rings. The fourth-order valence-electron chi connectivity index (χ4n) is 1.96. The van der Waals surface area contributed by atoms with Gasteiger partial charge in [0, 0.05) is 11.9 Å². The van der Waals surface area contributed by atoms with Gasteiger partial charge >= 0.3 is 11.9 Å². The quantitative estimate of drug-likeness (QED) is 0.483. The van der Waals surface area contributed by atoms with E-state index in [9.17, 15) is 28.1 Å². The summed E-state index contributed by atoms with van der Waals surface area (Å²) in [4.78, 5) is 22.8. The molecule has 0 aliphatic heterocycles. The van der Waals surface area contributed by atoms with E-state index in [1.165, 1.54) is 14.0 Å². The highest BCUT2D eigenvalue weighted by Crippen LogP contribution is 2.33. The van der Waals surface area contributed by atoms with Crippen LogP contribution in [0.25, 0.3) is 0 Å². The van der Waals surface area contributed by atoms with Crippen LogP contribution in [0.2, 0.25) is 0 Å². The van der Waals surface area contributed by atoms with Gasteiger partial charge in [-0.05, 0) is 43.0 Å². The van der Waals surface area contributed by atoms with Crippen molar-refractivity contribution in [3.63, 3.8) is 0 Å². The van der Waals surface area contributed by atoms with Crippen molar-refractivity contribution in [2.75, 3.05) is 0 Å². The van der Waals surface area contributed by atoms with Crippen LogP contribution in [-0.4, -0.2) is 19.8 Å². The van der Waals surface area contributed by atoms with Crippen LogP contribution < -0.4 is 0 Å². The van der Waals surface area contributed by atoms with Gasteiger partial charge in [-0.1, -0.05) is 0 Å². The molecule has 1 heterocycles. The number of aromatic nitrogens is 2. The number of carbonyl (C=O) groups excluding carboxylic acids is 1. The molecule has 1 aromatic carbocycles. The number of nitrogens with zero attached hydrogens (tertiary/aromatic N) is 3. The van der Waals surface area contributed by atoms with Crippen LogP contribution in [0.3, 0.4) is 0 Å². The monoisotopic (exact) mass is 345 g/mol. The zero-order chi connectivity index (χ0) is 17.4. The Morgan fingerprint density at radius 2 is 1.87 bits per heavy atom. The summed E-state index contributed by atoms with van der Waals surface area (Å²) < 4.78 is 38.5. The highest BCUT2D eigenvalue weighted by molar-refractivity contribution is 8.14. The molecule has 0 N–H and O–H groups in total. The van der Waals surface area contributed by atoms with Gasteiger partial charge in [0.1, 0.15) is 5.69 Å². The van der Waals surface area contributed by atoms with Gasteiger partial charge in [-0.3, -0.25) is 19.6 Å².